The van der Waals surface area contributed by atoms with Crippen molar-refractivity contribution in [2.75, 3.05) is 26.3 Å². The maximum Gasteiger partial charge on any atom is 0.234 e. The van der Waals surface area contributed by atoms with E-state index in [-0.39, 0.29) is 12.0 Å². The summed E-state index contributed by atoms with van der Waals surface area (Å²) in [5.74, 6) is -0.557. The molecule has 9 heteroatoms. The van der Waals surface area contributed by atoms with Gasteiger partial charge >= 0.3 is 0 Å². The number of hydrogen-bond donors (Lipinski definition) is 1. The number of nitrogens with zero attached hydrogens (tertiary/aromatic N) is 4. The fourth-order valence-electron chi connectivity index (χ4n) is 5.51. The molecule has 1 unspecified atom stereocenters. The number of amides is 1. The molecule has 0 bridgehead atoms. The number of fused-ring (bicyclic) bond motifs is 3. The summed E-state index contributed by atoms with van der Waals surface area (Å²) in [6.07, 6.45) is 8.32. The molecule has 0 radical (unpaired) electrons. The Morgan fingerprint density at radius 1 is 1.28 bits per heavy atom. The zero-order chi connectivity index (χ0) is 22.1. The molecule has 1 amide bonds. The summed E-state index contributed by atoms with van der Waals surface area (Å²) in [6, 6.07) is 2.69. The average Bonchev–Trinajstić information content (AvgIpc) is 3.38. The normalized spacial score (nSPS) is 27.0. The molecule has 3 aliphatic rings. The maximum absolute atomic E-state index is 11.6. The van der Waals surface area contributed by atoms with Crippen LogP contribution in [0.3, 0.4) is 0 Å². The predicted octanol–water partition coefficient (Wildman–Crippen LogP) is 2.76. The lowest BCUT2D eigenvalue weighted by Crippen LogP contribution is -2.46. The summed E-state index contributed by atoms with van der Waals surface area (Å²) in [6.45, 7) is 3.73. The van der Waals surface area contributed by atoms with Crippen molar-refractivity contribution in [3.8, 4) is 11.9 Å². The lowest BCUT2D eigenvalue weighted by Gasteiger charge is -2.38. The summed E-state index contributed by atoms with van der Waals surface area (Å²) >= 11 is 1.68. The van der Waals surface area contributed by atoms with Crippen molar-refractivity contribution in [2.24, 2.45) is 11.7 Å². The van der Waals surface area contributed by atoms with Gasteiger partial charge in [-0.15, -0.1) is 11.3 Å². The van der Waals surface area contributed by atoms with Gasteiger partial charge in [0, 0.05) is 24.0 Å². The Bertz CT molecular complexity index is 1020. The summed E-state index contributed by atoms with van der Waals surface area (Å²) in [7, 11) is 0. The number of rotatable bonds is 6. The van der Waals surface area contributed by atoms with Crippen LogP contribution >= 0.6 is 11.3 Å². The minimum absolute atomic E-state index is 0.112. The third-order valence-electron chi connectivity index (χ3n) is 7.20. The van der Waals surface area contributed by atoms with Gasteiger partial charge in [-0.3, -0.25) is 9.69 Å². The molecule has 2 fully saturated rings. The SMILES string of the molecule is N#CC(C[C@H]1CCc2sc3ncnc(O[C@H]4CC[C@H](N5CCOCC5)CC4)c3c21)C(N)=O. The molecule has 170 valence electrons. The third-order valence-corrected chi connectivity index (χ3v) is 8.37. The van der Waals surface area contributed by atoms with E-state index in [0.29, 0.717) is 18.3 Å². The van der Waals surface area contributed by atoms with Gasteiger partial charge in [0.1, 0.15) is 23.2 Å². The van der Waals surface area contributed by atoms with Gasteiger partial charge < -0.3 is 15.2 Å². The number of nitrogens with two attached hydrogens (primary N) is 1. The van der Waals surface area contributed by atoms with Crippen LogP contribution in [0.2, 0.25) is 0 Å². The second kappa shape index (κ2) is 9.30. The van der Waals surface area contributed by atoms with E-state index in [1.165, 1.54) is 10.4 Å². The number of ether oxygens (including phenoxy) is 2. The van der Waals surface area contributed by atoms with Crippen molar-refractivity contribution < 1.29 is 14.3 Å². The van der Waals surface area contributed by atoms with Gasteiger partial charge in [-0.25, -0.2) is 9.97 Å². The highest BCUT2D eigenvalue weighted by atomic mass is 32.1. The highest BCUT2D eigenvalue weighted by Gasteiger charge is 2.34. The van der Waals surface area contributed by atoms with Crippen molar-refractivity contribution in [3.05, 3.63) is 16.8 Å². The number of hydrogen-bond acceptors (Lipinski definition) is 8. The van der Waals surface area contributed by atoms with Gasteiger partial charge in [0.05, 0.1) is 24.7 Å². The zero-order valence-corrected chi connectivity index (χ0v) is 19.0. The molecular weight excluding hydrogens is 426 g/mol. The average molecular weight is 456 g/mol. The van der Waals surface area contributed by atoms with E-state index < -0.39 is 11.8 Å². The predicted molar refractivity (Wildman–Crippen MR) is 120 cm³/mol. The molecule has 2 N–H and O–H groups in total. The molecule has 3 heterocycles. The second-order valence-corrected chi connectivity index (χ2v) is 10.1. The Labute approximate surface area is 191 Å². The van der Waals surface area contributed by atoms with E-state index in [4.69, 9.17) is 15.2 Å². The Balaban J connectivity index is 1.32. The number of carbonyl (C=O) groups is 1. The smallest absolute Gasteiger partial charge is 0.234 e. The first kappa shape index (κ1) is 21.6. The zero-order valence-electron chi connectivity index (χ0n) is 18.2. The first-order chi connectivity index (χ1) is 15.6. The van der Waals surface area contributed by atoms with E-state index in [2.05, 4.69) is 20.9 Å². The quantitative estimate of drug-likeness (QED) is 0.712. The number of nitriles is 1. The first-order valence-electron chi connectivity index (χ1n) is 11.6. The van der Waals surface area contributed by atoms with Crippen LogP contribution in [0.15, 0.2) is 6.33 Å². The molecule has 1 saturated heterocycles. The summed E-state index contributed by atoms with van der Waals surface area (Å²) in [5, 5.41) is 10.3. The monoisotopic (exact) mass is 455 g/mol. The van der Waals surface area contributed by atoms with E-state index in [1.54, 1.807) is 17.7 Å². The maximum atomic E-state index is 11.6. The Morgan fingerprint density at radius 2 is 2.06 bits per heavy atom. The van der Waals surface area contributed by atoms with Crippen molar-refractivity contribution in [1.29, 1.82) is 5.26 Å². The molecule has 1 saturated carbocycles. The van der Waals surface area contributed by atoms with E-state index in [0.717, 1.165) is 75.0 Å². The van der Waals surface area contributed by atoms with E-state index in [1.807, 2.05) is 0 Å². The van der Waals surface area contributed by atoms with Crippen molar-refractivity contribution in [2.45, 2.75) is 63.0 Å². The number of aryl methyl sites for hydroxylation is 1. The van der Waals surface area contributed by atoms with Gasteiger partial charge in [0.15, 0.2) is 0 Å². The molecule has 32 heavy (non-hydrogen) atoms. The van der Waals surface area contributed by atoms with Gasteiger partial charge in [-0.1, -0.05) is 0 Å². The van der Waals surface area contributed by atoms with Gasteiger partial charge in [-0.05, 0) is 56.4 Å². The molecule has 1 aliphatic heterocycles. The van der Waals surface area contributed by atoms with Gasteiger partial charge in [-0.2, -0.15) is 5.26 Å². The molecule has 2 aromatic heterocycles. The topological polar surface area (TPSA) is 114 Å². The molecular formula is C23H29N5O3S. The molecule has 2 aliphatic carbocycles. The highest BCUT2D eigenvalue weighted by molar-refractivity contribution is 7.19. The van der Waals surface area contributed by atoms with Crippen molar-refractivity contribution in [1.82, 2.24) is 14.9 Å². The van der Waals surface area contributed by atoms with Crippen LogP contribution in [0.1, 0.15) is 54.9 Å². The Hall–Kier alpha value is -2.28. The first-order valence-corrected chi connectivity index (χ1v) is 12.4. The second-order valence-electron chi connectivity index (χ2n) is 9.05. The Morgan fingerprint density at radius 3 is 2.78 bits per heavy atom. The number of aromatic nitrogens is 2. The minimum atomic E-state index is -0.773. The summed E-state index contributed by atoms with van der Waals surface area (Å²) in [5.41, 5.74) is 6.60. The molecule has 5 rings (SSSR count). The van der Waals surface area contributed by atoms with Crippen LogP contribution in [-0.4, -0.2) is 59.2 Å². The molecule has 2 aromatic rings. The summed E-state index contributed by atoms with van der Waals surface area (Å²) < 4.78 is 12.0. The van der Waals surface area contributed by atoms with Crippen LogP contribution in [0.4, 0.5) is 0 Å². The molecule has 2 atom stereocenters. The van der Waals surface area contributed by atoms with Crippen LogP contribution in [0.5, 0.6) is 5.88 Å². The molecule has 8 nitrogen and oxygen atoms in total. The lowest BCUT2D eigenvalue weighted by molar-refractivity contribution is -0.120. The Kier molecular flexibility index (Phi) is 6.26. The highest BCUT2D eigenvalue weighted by Crippen LogP contribution is 2.48. The number of thiophene rings is 1. The van der Waals surface area contributed by atoms with Crippen molar-refractivity contribution >= 4 is 27.5 Å². The standard InChI is InChI=1S/C23H29N5O3S/c24-12-15(21(25)29)11-14-1-6-18-19(14)20-22(26-13-27-23(20)32-18)31-17-4-2-16(3-5-17)28-7-9-30-10-8-28/h13-17H,1-11H2,(H2,25,29)/t14-,15?,16-,17-/m1/s1. The van der Waals surface area contributed by atoms with E-state index >= 15 is 0 Å². The van der Waals surface area contributed by atoms with Crippen LogP contribution in [0.25, 0.3) is 10.2 Å². The van der Waals surface area contributed by atoms with E-state index in [9.17, 15) is 10.1 Å². The lowest BCUT2D eigenvalue weighted by atomic mass is 9.90. The fourth-order valence-corrected chi connectivity index (χ4v) is 6.74. The molecule has 0 aromatic carbocycles. The van der Waals surface area contributed by atoms with Crippen molar-refractivity contribution in [3.63, 3.8) is 0 Å². The van der Waals surface area contributed by atoms with Crippen LogP contribution in [0, 0.1) is 17.2 Å². The van der Waals surface area contributed by atoms with Crippen LogP contribution < -0.4 is 10.5 Å². The molecule has 0 spiro atoms. The van der Waals surface area contributed by atoms with Gasteiger partial charge in [0.2, 0.25) is 11.8 Å². The fraction of sp³-hybridized carbons (Fsp3) is 0.652. The largest absolute Gasteiger partial charge is 0.474 e. The number of primary amides is 1. The minimum Gasteiger partial charge on any atom is -0.474 e. The van der Waals surface area contributed by atoms with Gasteiger partial charge in [0.25, 0.3) is 0 Å². The third kappa shape index (κ3) is 4.19. The summed E-state index contributed by atoms with van der Waals surface area (Å²) in [4.78, 5) is 25.4. The number of morpholine rings is 1. The number of carbonyl (C=O) groups excluding carboxylic acids is 1. The van der Waals surface area contributed by atoms with Crippen LogP contribution in [-0.2, 0) is 16.0 Å².